The number of nitrogens with one attached hydrogen (secondary N) is 2. The molecule has 3 N–H and O–H groups in total. The highest BCUT2D eigenvalue weighted by Gasteiger charge is 2.23. The minimum Gasteiger partial charge on any atom is -0.395 e. The molecule has 144 valence electrons. The largest absolute Gasteiger partial charge is 0.395 e. The number of anilines is 1. The van der Waals surface area contributed by atoms with Gasteiger partial charge in [0.05, 0.1) is 29.4 Å². The molecule has 4 aromatic rings. The standard InChI is InChI=1S/C20H23N7O/c1-2-27-18-8-17(15-9-23-19-14(15)4-3-5-22-19)25-20(16(18)10-24-27)26-7-6-21-13(11-26)12-28/h3-5,8-10,13,21,28H,2,6-7,11-12H2,1H3,(H,22,23). The number of pyridine rings is 2. The van der Waals surface area contributed by atoms with Gasteiger partial charge in [0.15, 0.2) is 0 Å². The number of aliphatic hydroxyl groups is 1. The van der Waals surface area contributed by atoms with Gasteiger partial charge in [-0.3, -0.25) is 4.68 Å². The van der Waals surface area contributed by atoms with Crippen LogP contribution in [0.3, 0.4) is 0 Å². The normalized spacial score (nSPS) is 17.6. The molecule has 1 aliphatic heterocycles. The molecule has 8 nitrogen and oxygen atoms in total. The fraction of sp³-hybridized carbons (Fsp3) is 0.350. The first-order valence-electron chi connectivity index (χ1n) is 9.66. The third kappa shape index (κ3) is 2.73. The zero-order valence-corrected chi connectivity index (χ0v) is 15.8. The van der Waals surface area contributed by atoms with E-state index < -0.39 is 0 Å². The highest BCUT2D eigenvalue weighted by molar-refractivity contribution is 5.98. The van der Waals surface area contributed by atoms with Gasteiger partial charge in [-0.1, -0.05) is 0 Å². The van der Waals surface area contributed by atoms with Gasteiger partial charge in [0.1, 0.15) is 11.5 Å². The number of aromatic amines is 1. The minimum atomic E-state index is 0.0489. The highest BCUT2D eigenvalue weighted by Crippen LogP contribution is 2.33. The second kappa shape index (κ2) is 6.88. The number of hydrogen-bond donors (Lipinski definition) is 3. The summed E-state index contributed by atoms with van der Waals surface area (Å²) >= 11 is 0. The minimum absolute atomic E-state index is 0.0489. The van der Waals surface area contributed by atoms with E-state index in [4.69, 9.17) is 4.98 Å². The molecule has 1 atom stereocenters. The Morgan fingerprint density at radius 1 is 1.32 bits per heavy atom. The Bertz CT molecular complexity index is 1130. The van der Waals surface area contributed by atoms with Crippen molar-refractivity contribution in [3.05, 3.63) is 36.8 Å². The van der Waals surface area contributed by atoms with Crippen LogP contribution in [0.4, 0.5) is 5.82 Å². The second-order valence-electron chi connectivity index (χ2n) is 7.11. The van der Waals surface area contributed by atoms with Gasteiger partial charge >= 0.3 is 0 Å². The molecule has 0 radical (unpaired) electrons. The fourth-order valence-corrected chi connectivity index (χ4v) is 3.99. The van der Waals surface area contributed by atoms with E-state index >= 15 is 0 Å². The average Bonchev–Trinajstić information content (AvgIpc) is 3.37. The lowest BCUT2D eigenvalue weighted by Crippen LogP contribution is -2.52. The van der Waals surface area contributed by atoms with Crippen LogP contribution in [-0.4, -0.2) is 62.1 Å². The van der Waals surface area contributed by atoms with Crippen LogP contribution < -0.4 is 10.2 Å². The van der Waals surface area contributed by atoms with Crippen LogP contribution >= 0.6 is 0 Å². The Morgan fingerprint density at radius 3 is 3.11 bits per heavy atom. The molecular formula is C20H23N7O. The van der Waals surface area contributed by atoms with Gasteiger partial charge in [-0.15, -0.1) is 0 Å². The summed E-state index contributed by atoms with van der Waals surface area (Å²) in [7, 11) is 0. The van der Waals surface area contributed by atoms with E-state index in [2.05, 4.69) is 44.3 Å². The molecule has 0 saturated carbocycles. The van der Waals surface area contributed by atoms with Gasteiger partial charge in [0, 0.05) is 55.6 Å². The van der Waals surface area contributed by atoms with Gasteiger partial charge in [-0.25, -0.2) is 9.97 Å². The molecule has 5 heterocycles. The Kier molecular flexibility index (Phi) is 4.22. The maximum atomic E-state index is 9.60. The van der Waals surface area contributed by atoms with E-state index in [1.165, 1.54) is 0 Å². The number of nitrogens with zero attached hydrogens (tertiary/aromatic N) is 5. The maximum absolute atomic E-state index is 9.60. The second-order valence-corrected chi connectivity index (χ2v) is 7.11. The number of aromatic nitrogens is 5. The summed E-state index contributed by atoms with van der Waals surface area (Å²) in [6.07, 6.45) is 5.65. The molecule has 28 heavy (non-hydrogen) atoms. The van der Waals surface area contributed by atoms with Gasteiger partial charge in [0.25, 0.3) is 0 Å². The van der Waals surface area contributed by atoms with Gasteiger partial charge in [-0.2, -0.15) is 5.10 Å². The van der Waals surface area contributed by atoms with Crippen molar-refractivity contribution >= 4 is 27.8 Å². The zero-order valence-electron chi connectivity index (χ0n) is 15.8. The van der Waals surface area contributed by atoms with Crippen molar-refractivity contribution in [3.8, 4) is 11.3 Å². The van der Waals surface area contributed by atoms with Gasteiger partial charge in [-0.05, 0) is 25.1 Å². The molecular weight excluding hydrogens is 354 g/mol. The summed E-state index contributed by atoms with van der Waals surface area (Å²) in [5, 5.41) is 19.6. The summed E-state index contributed by atoms with van der Waals surface area (Å²) in [5.74, 6) is 0.922. The Labute approximate surface area is 162 Å². The fourth-order valence-electron chi connectivity index (χ4n) is 3.99. The topological polar surface area (TPSA) is 94.9 Å². The number of rotatable bonds is 4. The van der Waals surface area contributed by atoms with Crippen LogP contribution in [-0.2, 0) is 6.54 Å². The summed E-state index contributed by atoms with van der Waals surface area (Å²) in [6, 6.07) is 6.16. The van der Waals surface area contributed by atoms with E-state index in [0.29, 0.717) is 0 Å². The van der Waals surface area contributed by atoms with Crippen molar-refractivity contribution in [1.82, 2.24) is 30.0 Å². The summed E-state index contributed by atoms with van der Waals surface area (Å²) < 4.78 is 2.00. The number of H-pyrrole nitrogens is 1. The molecule has 0 aromatic carbocycles. The van der Waals surface area contributed by atoms with Crippen molar-refractivity contribution in [2.45, 2.75) is 19.5 Å². The summed E-state index contributed by atoms with van der Waals surface area (Å²) in [6.45, 7) is 5.37. The molecule has 0 bridgehead atoms. The predicted molar refractivity (Wildman–Crippen MR) is 109 cm³/mol. The number of aryl methyl sites for hydroxylation is 1. The predicted octanol–water partition coefficient (Wildman–Crippen LogP) is 1.76. The van der Waals surface area contributed by atoms with E-state index in [-0.39, 0.29) is 12.6 Å². The number of fused-ring (bicyclic) bond motifs is 2. The summed E-state index contributed by atoms with van der Waals surface area (Å²) in [5.41, 5.74) is 3.85. The van der Waals surface area contributed by atoms with Gasteiger partial charge in [0.2, 0.25) is 0 Å². The maximum Gasteiger partial charge on any atom is 0.140 e. The SMILES string of the molecule is CCn1ncc2c(N3CCNC(CO)C3)nc(-c3c[nH]c4ncccc34)cc21. The lowest BCUT2D eigenvalue weighted by molar-refractivity contribution is 0.235. The van der Waals surface area contributed by atoms with Crippen molar-refractivity contribution in [3.63, 3.8) is 0 Å². The van der Waals surface area contributed by atoms with Crippen molar-refractivity contribution in [1.29, 1.82) is 0 Å². The molecule has 1 saturated heterocycles. The molecule has 1 aliphatic rings. The first-order chi connectivity index (χ1) is 13.8. The first kappa shape index (κ1) is 17.2. The van der Waals surface area contributed by atoms with E-state index in [1.54, 1.807) is 6.20 Å². The van der Waals surface area contributed by atoms with Crippen molar-refractivity contribution in [2.24, 2.45) is 0 Å². The zero-order chi connectivity index (χ0) is 19.1. The molecule has 0 spiro atoms. The third-order valence-electron chi connectivity index (χ3n) is 5.42. The third-order valence-corrected chi connectivity index (χ3v) is 5.42. The lowest BCUT2D eigenvalue weighted by atomic mass is 10.1. The molecule has 4 aromatic heterocycles. The highest BCUT2D eigenvalue weighted by atomic mass is 16.3. The number of aliphatic hydroxyl groups excluding tert-OH is 1. The first-order valence-corrected chi connectivity index (χ1v) is 9.66. The number of hydrogen-bond acceptors (Lipinski definition) is 6. The van der Waals surface area contributed by atoms with Crippen LogP contribution in [0.2, 0.25) is 0 Å². The van der Waals surface area contributed by atoms with Crippen LogP contribution in [0.5, 0.6) is 0 Å². The number of piperazine rings is 1. The van der Waals surface area contributed by atoms with E-state index in [1.807, 2.05) is 23.1 Å². The van der Waals surface area contributed by atoms with Crippen molar-refractivity contribution < 1.29 is 5.11 Å². The average molecular weight is 377 g/mol. The molecule has 5 rings (SSSR count). The van der Waals surface area contributed by atoms with Crippen molar-refractivity contribution in [2.75, 3.05) is 31.1 Å². The van der Waals surface area contributed by atoms with Crippen LogP contribution in [0.15, 0.2) is 36.8 Å². The van der Waals surface area contributed by atoms with E-state index in [9.17, 15) is 5.11 Å². The smallest absolute Gasteiger partial charge is 0.140 e. The van der Waals surface area contributed by atoms with E-state index in [0.717, 1.165) is 65.2 Å². The molecule has 0 amide bonds. The van der Waals surface area contributed by atoms with Gasteiger partial charge < -0.3 is 20.3 Å². The Morgan fingerprint density at radius 2 is 2.25 bits per heavy atom. The quantitative estimate of drug-likeness (QED) is 0.502. The summed E-state index contributed by atoms with van der Waals surface area (Å²) in [4.78, 5) is 14.9. The molecule has 1 fully saturated rings. The lowest BCUT2D eigenvalue weighted by Gasteiger charge is -2.34. The van der Waals surface area contributed by atoms with Crippen LogP contribution in [0.1, 0.15) is 6.92 Å². The monoisotopic (exact) mass is 377 g/mol. The van der Waals surface area contributed by atoms with Crippen LogP contribution in [0, 0.1) is 0 Å². The molecule has 8 heteroatoms. The molecule has 1 unspecified atom stereocenters. The Balaban J connectivity index is 1.70. The Hall–Kier alpha value is -2.97. The van der Waals surface area contributed by atoms with Crippen LogP contribution in [0.25, 0.3) is 33.2 Å². The molecule has 0 aliphatic carbocycles.